The maximum Gasteiger partial charge on any atom is 0.263 e. The molecule has 27 heavy (non-hydrogen) atoms. The summed E-state index contributed by atoms with van der Waals surface area (Å²) in [4.78, 5) is 32.3. The SMILES string of the molecule is CC[C@H](C)NC(=O)CSc1nc2sc3c(c2c(=O)n1CCOC)CCCC3. The third-order valence-electron chi connectivity index (χ3n) is 4.91. The summed E-state index contributed by atoms with van der Waals surface area (Å²) in [6.07, 6.45) is 5.19. The number of carbonyl (C=O) groups is 1. The van der Waals surface area contributed by atoms with E-state index >= 15 is 0 Å². The molecule has 1 aliphatic carbocycles. The number of methoxy groups -OCH3 is 1. The molecule has 0 saturated carbocycles. The van der Waals surface area contributed by atoms with E-state index in [4.69, 9.17) is 9.72 Å². The van der Waals surface area contributed by atoms with Crippen molar-refractivity contribution in [1.29, 1.82) is 0 Å². The lowest BCUT2D eigenvalue weighted by Crippen LogP contribution is -2.33. The van der Waals surface area contributed by atoms with Crippen LogP contribution in [-0.2, 0) is 28.9 Å². The fourth-order valence-electron chi connectivity index (χ4n) is 3.26. The third-order valence-corrected chi connectivity index (χ3v) is 7.07. The Morgan fingerprint density at radius 3 is 2.93 bits per heavy atom. The lowest BCUT2D eigenvalue weighted by Gasteiger charge is -2.14. The minimum atomic E-state index is -0.0348. The number of hydrogen-bond acceptors (Lipinski definition) is 6. The standard InChI is InChI=1S/C19H27N3O3S2/c1-4-12(2)20-15(23)11-26-19-21-17-16(18(24)22(19)9-10-25-3)13-7-5-6-8-14(13)27-17/h12H,4-11H2,1-3H3,(H,20,23)/t12-/m0/s1. The number of fused-ring (bicyclic) bond motifs is 3. The summed E-state index contributed by atoms with van der Waals surface area (Å²) < 4.78 is 6.86. The summed E-state index contributed by atoms with van der Waals surface area (Å²) in [5.41, 5.74) is 1.19. The van der Waals surface area contributed by atoms with Crippen molar-refractivity contribution in [2.75, 3.05) is 19.5 Å². The van der Waals surface area contributed by atoms with Gasteiger partial charge in [0.15, 0.2) is 5.16 Å². The molecule has 6 nitrogen and oxygen atoms in total. The van der Waals surface area contributed by atoms with Gasteiger partial charge in [-0.25, -0.2) is 4.98 Å². The molecule has 0 spiro atoms. The molecular formula is C19H27N3O3S2. The topological polar surface area (TPSA) is 73.2 Å². The average molecular weight is 410 g/mol. The first kappa shape index (κ1) is 20.4. The van der Waals surface area contributed by atoms with Crippen molar-refractivity contribution in [3.63, 3.8) is 0 Å². The Balaban J connectivity index is 1.93. The molecule has 1 atom stereocenters. The summed E-state index contributed by atoms with van der Waals surface area (Å²) in [5, 5.41) is 4.33. The van der Waals surface area contributed by atoms with Gasteiger partial charge in [0.2, 0.25) is 5.91 Å². The van der Waals surface area contributed by atoms with Gasteiger partial charge in [-0.15, -0.1) is 11.3 Å². The van der Waals surface area contributed by atoms with E-state index in [1.165, 1.54) is 28.6 Å². The molecule has 0 unspecified atom stereocenters. The molecule has 1 aliphatic rings. The molecule has 0 aromatic carbocycles. The van der Waals surface area contributed by atoms with Crippen molar-refractivity contribution >= 4 is 39.2 Å². The van der Waals surface area contributed by atoms with Gasteiger partial charge in [0, 0.05) is 18.0 Å². The van der Waals surface area contributed by atoms with Gasteiger partial charge >= 0.3 is 0 Å². The van der Waals surface area contributed by atoms with Gasteiger partial charge in [-0.2, -0.15) is 0 Å². The maximum atomic E-state index is 13.2. The predicted octanol–water partition coefficient (Wildman–Crippen LogP) is 2.99. The number of amides is 1. The van der Waals surface area contributed by atoms with Crippen molar-refractivity contribution in [2.45, 2.75) is 63.7 Å². The monoisotopic (exact) mass is 409 g/mol. The van der Waals surface area contributed by atoms with Gasteiger partial charge in [-0.1, -0.05) is 18.7 Å². The molecule has 2 aromatic heterocycles. The number of thiophene rings is 1. The maximum absolute atomic E-state index is 13.2. The van der Waals surface area contributed by atoms with Crippen LogP contribution in [0, 0.1) is 0 Å². The molecule has 0 bridgehead atoms. The molecule has 1 N–H and O–H groups in total. The highest BCUT2D eigenvalue weighted by atomic mass is 32.2. The van der Waals surface area contributed by atoms with Crippen LogP contribution in [-0.4, -0.2) is 41.0 Å². The van der Waals surface area contributed by atoms with Gasteiger partial charge in [0.25, 0.3) is 5.56 Å². The van der Waals surface area contributed by atoms with Crippen molar-refractivity contribution in [3.05, 3.63) is 20.8 Å². The zero-order valence-corrected chi connectivity index (χ0v) is 17.8. The normalized spacial score (nSPS) is 14.9. The second-order valence-electron chi connectivity index (χ2n) is 6.90. The van der Waals surface area contributed by atoms with Gasteiger partial charge in [-0.3, -0.25) is 14.2 Å². The van der Waals surface area contributed by atoms with E-state index in [0.717, 1.165) is 35.9 Å². The van der Waals surface area contributed by atoms with Crippen LogP contribution in [0.3, 0.4) is 0 Å². The second kappa shape index (κ2) is 9.21. The molecule has 0 aliphatic heterocycles. The van der Waals surface area contributed by atoms with E-state index in [9.17, 15) is 9.59 Å². The highest BCUT2D eigenvalue weighted by molar-refractivity contribution is 7.99. The number of nitrogens with one attached hydrogen (secondary N) is 1. The Labute approximate surface area is 167 Å². The smallest absolute Gasteiger partial charge is 0.263 e. The fraction of sp³-hybridized carbons (Fsp3) is 0.632. The number of ether oxygens (including phenoxy) is 1. The first-order valence-electron chi connectivity index (χ1n) is 9.51. The molecular weight excluding hydrogens is 382 g/mol. The Bertz CT molecular complexity index is 875. The van der Waals surface area contributed by atoms with Crippen molar-refractivity contribution in [2.24, 2.45) is 0 Å². The van der Waals surface area contributed by atoms with Crippen LogP contribution in [0.2, 0.25) is 0 Å². The Hall–Kier alpha value is -1.38. The Morgan fingerprint density at radius 1 is 1.41 bits per heavy atom. The van der Waals surface area contributed by atoms with Crippen LogP contribution in [0.5, 0.6) is 0 Å². The number of thioether (sulfide) groups is 1. The molecule has 0 fully saturated rings. The lowest BCUT2D eigenvalue weighted by atomic mass is 9.97. The number of hydrogen-bond donors (Lipinski definition) is 1. The zero-order chi connectivity index (χ0) is 19.4. The minimum absolute atomic E-state index is 0.00119. The molecule has 1 amide bonds. The Morgan fingerprint density at radius 2 is 2.19 bits per heavy atom. The molecule has 2 aromatic rings. The van der Waals surface area contributed by atoms with Crippen LogP contribution in [0.4, 0.5) is 0 Å². The van der Waals surface area contributed by atoms with Gasteiger partial charge in [0.05, 0.1) is 24.3 Å². The predicted molar refractivity (Wildman–Crippen MR) is 111 cm³/mol. The second-order valence-corrected chi connectivity index (χ2v) is 8.93. The summed E-state index contributed by atoms with van der Waals surface area (Å²) in [5.74, 6) is 0.216. The van der Waals surface area contributed by atoms with Crippen molar-refractivity contribution in [1.82, 2.24) is 14.9 Å². The first-order valence-corrected chi connectivity index (χ1v) is 11.3. The molecule has 148 valence electrons. The van der Waals surface area contributed by atoms with Crippen LogP contribution in [0.15, 0.2) is 9.95 Å². The summed E-state index contributed by atoms with van der Waals surface area (Å²) in [6.45, 7) is 4.90. The van der Waals surface area contributed by atoms with E-state index in [1.807, 2.05) is 13.8 Å². The van der Waals surface area contributed by atoms with E-state index in [0.29, 0.717) is 18.3 Å². The van der Waals surface area contributed by atoms with Gasteiger partial charge in [0.1, 0.15) is 4.83 Å². The summed E-state index contributed by atoms with van der Waals surface area (Å²) in [6, 6.07) is 0.147. The number of aryl methyl sites for hydroxylation is 2. The number of rotatable bonds is 8. The Kier molecular flexibility index (Phi) is 6.94. The zero-order valence-electron chi connectivity index (χ0n) is 16.2. The van der Waals surface area contributed by atoms with Crippen LogP contribution < -0.4 is 10.9 Å². The van der Waals surface area contributed by atoms with Crippen molar-refractivity contribution < 1.29 is 9.53 Å². The number of carbonyl (C=O) groups excluding carboxylic acids is 1. The third kappa shape index (κ3) is 4.55. The van der Waals surface area contributed by atoms with Gasteiger partial charge < -0.3 is 10.1 Å². The molecule has 3 rings (SSSR count). The van der Waals surface area contributed by atoms with Crippen molar-refractivity contribution in [3.8, 4) is 0 Å². The quantitative estimate of drug-likeness (QED) is 0.536. The number of nitrogens with zero attached hydrogens (tertiary/aromatic N) is 2. The average Bonchev–Trinajstić information content (AvgIpc) is 3.04. The van der Waals surface area contributed by atoms with E-state index in [1.54, 1.807) is 23.0 Å². The highest BCUT2D eigenvalue weighted by Crippen LogP contribution is 2.34. The van der Waals surface area contributed by atoms with E-state index in [2.05, 4.69) is 5.32 Å². The fourth-order valence-corrected chi connectivity index (χ4v) is 5.40. The minimum Gasteiger partial charge on any atom is -0.383 e. The van der Waals surface area contributed by atoms with Crippen LogP contribution in [0.1, 0.15) is 43.6 Å². The largest absolute Gasteiger partial charge is 0.383 e. The molecule has 0 radical (unpaired) electrons. The van der Waals surface area contributed by atoms with E-state index in [-0.39, 0.29) is 23.3 Å². The van der Waals surface area contributed by atoms with Crippen LogP contribution in [0.25, 0.3) is 10.2 Å². The number of aromatic nitrogens is 2. The lowest BCUT2D eigenvalue weighted by molar-refractivity contribution is -0.119. The summed E-state index contributed by atoms with van der Waals surface area (Å²) in [7, 11) is 1.62. The highest BCUT2D eigenvalue weighted by Gasteiger charge is 2.22. The molecule has 8 heteroatoms. The van der Waals surface area contributed by atoms with Gasteiger partial charge in [-0.05, 0) is 44.6 Å². The van der Waals surface area contributed by atoms with E-state index < -0.39 is 0 Å². The molecule has 0 saturated heterocycles. The van der Waals surface area contributed by atoms with Crippen LogP contribution >= 0.6 is 23.1 Å². The summed E-state index contributed by atoms with van der Waals surface area (Å²) >= 11 is 2.96. The first-order chi connectivity index (χ1) is 13.0. The molecule has 2 heterocycles.